The number of nitrogens with zero attached hydrogens (tertiary/aromatic N) is 1. The average molecular weight is 263 g/mol. The van der Waals surface area contributed by atoms with Gasteiger partial charge in [-0.3, -0.25) is 0 Å². The molecule has 1 saturated heterocycles. The first-order chi connectivity index (χ1) is 8.10. The van der Waals surface area contributed by atoms with E-state index in [0.29, 0.717) is 25.7 Å². The molecule has 0 saturated carbocycles. The van der Waals surface area contributed by atoms with Gasteiger partial charge in [-0.1, -0.05) is 13.8 Å². The van der Waals surface area contributed by atoms with E-state index in [1.807, 2.05) is 13.8 Å². The molecule has 1 fully saturated rings. The molecule has 2 N–H and O–H groups in total. The van der Waals surface area contributed by atoms with Gasteiger partial charge in [-0.25, -0.2) is 4.72 Å². The van der Waals surface area contributed by atoms with Crippen LogP contribution < -0.4 is 10.0 Å². The van der Waals surface area contributed by atoms with E-state index in [0.717, 1.165) is 32.2 Å². The van der Waals surface area contributed by atoms with Crippen molar-refractivity contribution in [3.63, 3.8) is 0 Å². The van der Waals surface area contributed by atoms with Crippen LogP contribution in [-0.4, -0.2) is 44.9 Å². The molecule has 0 spiro atoms. The quantitative estimate of drug-likeness (QED) is 0.677. The van der Waals surface area contributed by atoms with E-state index in [9.17, 15) is 8.42 Å². The Morgan fingerprint density at radius 1 is 1.35 bits per heavy atom. The minimum Gasteiger partial charge on any atom is -0.313 e. The maximum absolute atomic E-state index is 12.1. The van der Waals surface area contributed by atoms with Gasteiger partial charge in [0.15, 0.2) is 0 Å². The lowest BCUT2D eigenvalue weighted by molar-refractivity contribution is 0.364. The van der Waals surface area contributed by atoms with Crippen LogP contribution in [0.15, 0.2) is 0 Å². The van der Waals surface area contributed by atoms with Crippen molar-refractivity contribution in [3.8, 4) is 0 Å². The van der Waals surface area contributed by atoms with Crippen molar-refractivity contribution in [2.24, 2.45) is 0 Å². The summed E-state index contributed by atoms with van der Waals surface area (Å²) in [7, 11) is -3.29. The standard InChI is InChI=1S/C11H25N3O2S/c1-3-7-13-17(15,16)14(9-4-2)10-11-6-5-8-12-11/h11-13H,3-10H2,1-2H3. The fourth-order valence-electron chi connectivity index (χ4n) is 2.04. The molecule has 0 aromatic rings. The SMILES string of the molecule is CCCNS(=O)(=O)N(CCC)CC1CCCN1. The van der Waals surface area contributed by atoms with Gasteiger partial charge in [0.2, 0.25) is 0 Å². The minimum absolute atomic E-state index is 0.319. The summed E-state index contributed by atoms with van der Waals surface area (Å²) < 4.78 is 28.3. The van der Waals surface area contributed by atoms with Gasteiger partial charge in [-0.15, -0.1) is 0 Å². The molecule has 1 rings (SSSR count). The summed E-state index contributed by atoms with van der Waals surface area (Å²) in [5.41, 5.74) is 0. The lowest BCUT2D eigenvalue weighted by Crippen LogP contribution is -2.46. The molecular weight excluding hydrogens is 238 g/mol. The zero-order valence-electron chi connectivity index (χ0n) is 10.9. The molecule has 0 aromatic carbocycles. The van der Waals surface area contributed by atoms with E-state index in [1.54, 1.807) is 4.31 Å². The van der Waals surface area contributed by atoms with Gasteiger partial charge in [-0.2, -0.15) is 12.7 Å². The molecule has 102 valence electrons. The largest absolute Gasteiger partial charge is 0.313 e. The number of rotatable bonds is 8. The molecular formula is C11H25N3O2S. The van der Waals surface area contributed by atoms with Crippen LogP contribution >= 0.6 is 0 Å². The Morgan fingerprint density at radius 2 is 2.12 bits per heavy atom. The fourth-order valence-corrected chi connectivity index (χ4v) is 3.48. The highest BCUT2D eigenvalue weighted by Crippen LogP contribution is 2.09. The van der Waals surface area contributed by atoms with Crippen LogP contribution in [0.5, 0.6) is 0 Å². The zero-order valence-corrected chi connectivity index (χ0v) is 11.7. The third-order valence-corrected chi connectivity index (χ3v) is 4.51. The van der Waals surface area contributed by atoms with Gasteiger partial charge in [0.25, 0.3) is 10.2 Å². The summed E-state index contributed by atoms with van der Waals surface area (Å²) in [4.78, 5) is 0. The van der Waals surface area contributed by atoms with Crippen LogP contribution in [-0.2, 0) is 10.2 Å². The van der Waals surface area contributed by atoms with Gasteiger partial charge < -0.3 is 5.32 Å². The van der Waals surface area contributed by atoms with E-state index >= 15 is 0 Å². The first-order valence-electron chi connectivity index (χ1n) is 6.58. The summed E-state index contributed by atoms with van der Waals surface area (Å²) in [6, 6.07) is 0.319. The van der Waals surface area contributed by atoms with Gasteiger partial charge in [0, 0.05) is 25.7 Å². The molecule has 17 heavy (non-hydrogen) atoms. The first-order valence-corrected chi connectivity index (χ1v) is 8.02. The molecule has 1 heterocycles. The summed E-state index contributed by atoms with van der Waals surface area (Å²) in [6.07, 6.45) is 3.89. The molecule has 1 aliphatic rings. The fraction of sp³-hybridized carbons (Fsp3) is 1.00. The monoisotopic (exact) mass is 263 g/mol. The van der Waals surface area contributed by atoms with Gasteiger partial charge in [0.05, 0.1) is 0 Å². The van der Waals surface area contributed by atoms with Crippen molar-refractivity contribution in [1.29, 1.82) is 0 Å². The molecule has 1 unspecified atom stereocenters. The second-order valence-corrected chi connectivity index (χ2v) is 6.31. The van der Waals surface area contributed by atoms with Crippen molar-refractivity contribution in [2.75, 3.05) is 26.2 Å². The predicted octanol–water partition coefficient (Wildman–Crippen LogP) is 0.695. The van der Waals surface area contributed by atoms with Crippen molar-refractivity contribution in [1.82, 2.24) is 14.3 Å². The second kappa shape index (κ2) is 7.31. The number of nitrogens with one attached hydrogen (secondary N) is 2. The van der Waals surface area contributed by atoms with Crippen LogP contribution in [0, 0.1) is 0 Å². The Labute approximate surface area is 105 Å². The molecule has 0 aromatic heterocycles. The Kier molecular flexibility index (Phi) is 6.40. The van der Waals surface area contributed by atoms with Gasteiger partial charge in [-0.05, 0) is 32.2 Å². The van der Waals surface area contributed by atoms with Crippen LogP contribution in [0.3, 0.4) is 0 Å². The Bertz CT molecular complexity index is 300. The highest BCUT2D eigenvalue weighted by Gasteiger charge is 2.25. The highest BCUT2D eigenvalue weighted by molar-refractivity contribution is 7.87. The van der Waals surface area contributed by atoms with Gasteiger partial charge in [0.1, 0.15) is 0 Å². The molecule has 1 aliphatic heterocycles. The normalized spacial score (nSPS) is 21.2. The van der Waals surface area contributed by atoms with Crippen LogP contribution in [0.1, 0.15) is 39.5 Å². The molecule has 1 atom stereocenters. The number of hydrogen-bond acceptors (Lipinski definition) is 3. The lowest BCUT2D eigenvalue weighted by atomic mass is 10.2. The van der Waals surface area contributed by atoms with E-state index in [1.165, 1.54) is 0 Å². The predicted molar refractivity (Wildman–Crippen MR) is 70.1 cm³/mol. The molecule has 0 aliphatic carbocycles. The van der Waals surface area contributed by atoms with Crippen LogP contribution in [0.25, 0.3) is 0 Å². The lowest BCUT2D eigenvalue weighted by Gasteiger charge is -2.24. The summed E-state index contributed by atoms with van der Waals surface area (Å²) in [5, 5.41) is 3.34. The summed E-state index contributed by atoms with van der Waals surface area (Å²) in [6.45, 7) is 6.67. The maximum Gasteiger partial charge on any atom is 0.279 e. The summed E-state index contributed by atoms with van der Waals surface area (Å²) >= 11 is 0. The first kappa shape index (κ1) is 14.9. The van der Waals surface area contributed by atoms with E-state index in [4.69, 9.17) is 0 Å². The molecule has 0 radical (unpaired) electrons. The Balaban J connectivity index is 2.56. The molecule has 0 bridgehead atoms. The second-order valence-electron chi connectivity index (χ2n) is 4.55. The van der Waals surface area contributed by atoms with E-state index < -0.39 is 10.2 Å². The molecule has 5 nitrogen and oxygen atoms in total. The van der Waals surface area contributed by atoms with Crippen molar-refractivity contribution >= 4 is 10.2 Å². The number of hydrogen-bond donors (Lipinski definition) is 2. The van der Waals surface area contributed by atoms with Crippen LogP contribution in [0.4, 0.5) is 0 Å². The minimum atomic E-state index is -3.29. The Morgan fingerprint density at radius 3 is 2.65 bits per heavy atom. The molecule has 0 amide bonds. The van der Waals surface area contributed by atoms with Crippen molar-refractivity contribution in [2.45, 2.75) is 45.6 Å². The Hall–Kier alpha value is -0.170. The third kappa shape index (κ3) is 4.91. The van der Waals surface area contributed by atoms with E-state index in [2.05, 4.69) is 10.0 Å². The topological polar surface area (TPSA) is 61.4 Å². The highest BCUT2D eigenvalue weighted by atomic mass is 32.2. The van der Waals surface area contributed by atoms with E-state index in [-0.39, 0.29) is 0 Å². The van der Waals surface area contributed by atoms with Gasteiger partial charge >= 0.3 is 0 Å². The maximum atomic E-state index is 12.1. The van der Waals surface area contributed by atoms with Crippen molar-refractivity contribution in [3.05, 3.63) is 0 Å². The average Bonchev–Trinajstić information content (AvgIpc) is 2.79. The van der Waals surface area contributed by atoms with Crippen LogP contribution in [0.2, 0.25) is 0 Å². The summed E-state index contributed by atoms with van der Waals surface area (Å²) in [5.74, 6) is 0. The molecule has 6 heteroatoms. The smallest absolute Gasteiger partial charge is 0.279 e. The third-order valence-electron chi connectivity index (χ3n) is 2.93. The zero-order chi connectivity index (χ0) is 12.7. The van der Waals surface area contributed by atoms with Crippen molar-refractivity contribution < 1.29 is 8.42 Å².